The van der Waals surface area contributed by atoms with Gasteiger partial charge in [0.2, 0.25) is 0 Å². The van der Waals surface area contributed by atoms with E-state index in [1.807, 2.05) is 6.07 Å². The maximum atomic E-state index is 12.9. The number of nitriles is 1. The fraction of sp³-hybridized carbons (Fsp3) is 0.111. The first-order chi connectivity index (χ1) is 12.1. The van der Waals surface area contributed by atoms with E-state index in [1.54, 1.807) is 18.2 Å². The van der Waals surface area contributed by atoms with Gasteiger partial charge in [-0.25, -0.2) is 4.39 Å². The Morgan fingerprint density at radius 1 is 1.16 bits per heavy atom. The number of hydrogen-bond acceptors (Lipinski definition) is 5. The number of carbonyl (C=O) groups excluding carboxylic acids is 1. The molecule has 0 saturated heterocycles. The molecular weight excluding hydrogens is 325 g/mol. The second kappa shape index (κ2) is 8.36. The van der Waals surface area contributed by atoms with E-state index < -0.39 is 5.91 Å². The van der Waals surface area contributed by atoms with Crippen molar-refractivity contribution in [1.82, 2.24) is 0 Å². The molecule has 0 atom stereocenters. The molecule has 0 spiro atoms. The fourth-order valence-electron chi connectivity index (χ4n) is 1.95. The van der Waals surface area contributed by atoms with Crippen molar-refractivity contribution in [3.05, 3.63) is 60.1 Å². The highest BCUT2D eigenvalue weighted by Crippen LogP contribution is 2.29. The fourth-order valence-corrected chi connectivity index (χ4v) is 1.95. The first-order valence-electron chi connectivity index (χ1n) is 7.23. The molecule has 0 aromatic heterocycles. The minimum Gasteiger partial charge on any atom is -0.497 e. The molecule has 0 aliphatic rings. The summed E-state index contributed by atoms with van der Waals surface area (Å²) in [7, 11) is 2.97. The maximum Gasteiger partial charge on any atom is 0.267 e. The molecule has 0 aliphatic carbocycles. The molecule has 0 aliphatic heterocycles. The summed E-state index contributed by atoms with van der Waals surface area (Å²) in [4.78, 5) is 12.3. The molecule has 2 N–H and O–H groups in total. The van der Waals surface area contributed by atoms with Crippen molar-refractivity contribution in [3.8, 4) is 17.6 Å². The van der Waals surface area contributed by atoms with Crippen LogP contribution in [0.5, 0.6) is 11.5 Å². The van der Waals surface area contributed by atoms with Crippen LogP contribution in [0.4, 0.5) is 15.8 Å². The van der Waals surface area contributed by atoms with Gasteiger partial charge in [0, 0.05) is 18.0 Å². The summed E-state index contributed by atoms with van der Waals surface area (Å²) >= 11 is 0. The third-order valence-corrected chi connectivity index (χ3v) is 3.25. The van der Waals surface area contributed by atoms with E-state index >= 15 is 0 Å². The lowest BCUT2D eigenvalue weighted by Crippen LogP contribution is -2.15. The minimum absolute atomic E-state index is 0.158. The van der Waals surface area contributed by atoms with Crippen LogP contribution in [0.3, 0.4) is 0 Å². The summed E-state index contributed by atoms with van der Waals surface area (Å²) in [5, 5.41) is 14.6. The van der Waals surface area contributed by atoms with E-state index in [1.165, 1.54) is 44.7 Å². The number of amides is 1. The number of halogens is 1. The summed E-state index contributed by atoms with van der Waals surface area (Å²) in [6.45, 7) is 0. The Kier molecular flexibility index (Phi) is 5.96. The van der Waals surface area contributed by atoms with E-state index in [4.69, 9.17) is 9.47 Å². The topological polar surface area (TPSA) is 83.4 Å². The van der Waals surface area contributed by atoms with Gasteiger partial charge >= 0.3 is 0 Å². The molecular formula is C18H16FN3O3. The SMILES string of the molecule is COc1ccc(OC)c(NC(=O)/C(C#N)=C\Nc2ccc(F)cc2)c1. The van der Waals surface area contributed by atoms with Crippen molar-refractivity contribution in [1.29, 1.82) is 5.26 Å². The zero-order chi connectivity index (χ0) is 18.2. The number of nitrogens with zero attached hydrogens (tertiary/aromatic N) is 1. The number of methoxy groups -OCH3 is 2. The molecule has 2 aromatic rings. The van der Waals surface area contributed by atoms with Crippen molar-refractivity contribution < 1.29 is 18.7 Å². The van der Waals surface area contributed by atoms with Crippen LogP contribution in [0.2, 0.25) is 0 Å². The summed E-state index contributed by atoms with van der Waals surface area (Å²) in [6, 6.07) is 12.2. The third-order valence-electron chi connectivity index (χ3n) is 3.25. The Balaban J connectivity index is 2.16. The summed E-state index contributed by atoms with van der Waals surface area (Å²) in [6.07, 6.45) is 1.25. The predicted molar refractivity (Wildman–Crippen MR) is 91.9 cm³/mol. The molecule has 0 radical (unpaired) electrons. The van der Waals surface area contributed by atoms with Crippen molar-refractivity contribution in [2.45, 2.75) is 0 Å². The van der Waals surface area contributed by atoms with Crippen molar-refractivity contribution >= 4 is 17.3 Å². The molecule has 1 amide bonds. The lowest BCUT2D eigenvalue weighted by atomic mass is 10.2. The number of rotatable bonds is 6. The highest BCUT2D eigenvalue weighted by atomic mass is 19.1. The summed E-state index contributed by atoms with van der Waals surface area (Å²) in [5.41, 5.74) is 0.755. The second-order valence-electron chi connectivity index (χ2n) is 4.84. The number of hydrogen-bond donors (Lipinski definition) is 2. The van der Waals surface area contributed by atoms with Gasteiger partial charge in [-0.3, -0.25) is 4.79 Å². The molecule has 0 bridgehead atoms. The van der Waals surface area contributed by atoms with Crippen LogP contribution >= 0.6 is 0 Å². The average molecular weight is 341 g/mol. The van der Waals surface area contributed by atoms with Gasteiger partial charge < -0.3 is 20.1 Å². The van der Waals surface area contributed by atoms with Gasteiger partial charge in [0.15, 0.2) is 0 Å². The Hall–Kier alpha value is -3.53. The van der Waals surface area contributed by atoms with Crippen molar-refractivity contribution in [3.63, 3.8) is 0 Å². The smallest absolute Gasteiger partial charge is 0.267 e. The van der Waals surface area contributed by atoms with Gasteiger partial charge in [-0.15, -0.1) is 0 Å². The summed E-state index contributed by atoms with van der Waals surface area (Å²) < 4.78 is 23.2. The van der Waals surface area contributed by atoms with Gasteiger partial charge in [-0.1, -0.05) is 0 Å². The zero-order valence-electron chi connectivity index (χ0n) is 13.7. The first kappa shape index (κ1) is 17.8. The number of nitrogens with one attached hydrogen (secondary N) is 2. The molecule has 25 heavy (non-hydrogen) atoms. The second-order valence-corrected chi connectivity index (χ2v) is 4.84. The van der Waals surface area contributed by atoms with E-state index in [-0.39, 0.29) is 11.4 Å². The molecule has 2 aromatic carbocycles. The largest absolute Gasteiger partial charge is 0.497 e. The van der Waals surface area contributed by atoms with E-state index in [9.17, 15) is 14.4 Å². The number of benzene rings is 2. The first-order valence-corrected chi connectivity index (χ1v) is 7.23. The Morgan fingerprint density at radius 3 is 2.48 bits per heavy atom. The molecule has 7 heteroatoms. The molecule has 0 fully saturated rings. The maximum absolute atomic E-state index is 12.9. The zero-order valence-corrected chi connectivity index (χ0v) is 13.7. The van der Waals surface area contributed by atoms with Gasteiger partial charge in [0.05, 0.1) is 19.9 Å². The molecule has 2 rings (SSSR count). The molecule has 0 unspecified atom stereocenters. The molecule has 0 heterocycles. The Bertz CT molecular complexity index is 826. The van der Waals surface area contributed by atoms with Gasteiger partial charge in [0.25, 0.3) is 5.91 Å². The van der Waals surface area contributed by atoms with E-state index in [0.717, 1.165) is 0 Å². The van der Waals surface area contributed by atoms with Crippen molar-refractivity contribution in [2.24, 2.45) is 0 Å². The monoisotopic (exact) mass is 341 g/mol. The minimum atomic E-state index is -0.622. The third kappa shape index (κ3) is 4.72. The van der Waals surface area contributed by atoms with Crippen LogP contribution in [-0.4, -0.2) is 20.1 Å². The van der Waals surface area contributed by atoms with Gasteiger partial charge in [-0.2, -0.15) is 5.26 Å². The van der Waals surface area contributed by atoms with Gasteiger partial charge in [-0.05, 0) is 36.4 Å². The highest BCUT2D eigenvalue weighted by molar-refractivity contribution is 6.07. The molecule has 6 nitrogen and oxygen atoms in total. The van der Waals surface area contributed by atoms with Crippen LogP contribution < -0.4 is 20.1 Å². The highest BCUT2D eigenvalue weighted by Gasteiger charge is 2.13. The normalized spacial score (nSPS) is 10.6. The lowest BCUT2D eigenvalue weighted by Gasteiger charge is -2.11. The number of carbonyl (C=O) groups is 1. The summed E-state index contributed by atoms with van der Waals surface area (Å²) in [5.74, 6) is -0.0393. The van der Waals surface area contributed by atoms with Crippen molar-refractivity contribution in [2.75, 3.05) is 24.9 Å². The predicted octanol–water partition coefficient (Wildman–Crippen LogP) is 3.30. The Labute approximate surface area is 144 Å². The number of ether oxygens (including phenoxy) is 2. The van der Waals surface area contributed by atoms with Crippen LogP contribution in [-0.2, 0) is 4.79 Å². The lowest BCUT2D eigenvalue weighted by molar-refractivity contribution is -0.112. The van der Waals surface area contributed by atoms with Crippen LogP contribution in [0.1, 0.15) is 0 Å². The average Bonchev–Trinajstić information content (AvgIpc) is 2.63. The Morgan fingerprint density at radius 2 is 1.88 bits per heavy atom. The molecule has 128 valence electrons. The van der Waals surface area contributed by atoms with E-state index in [0.29, 0.717) is 22.9 Å². The van der Waals surface area contributed by atoms with Crippen LogP contribution in [0.25, 0.3) is 0 Å². The number of anilines is 2. The van der Waals surface area contributed by atoms with Crippen LogP contribution in [0.15, 0.2) is 54.2 Å². The van der Waals surface area contributed by atoms with E-state index in [2.05, 4.69) is 10.6 Å². The molecule has 0 saturated carbocycles. The quantitative estimate of drug-likeness (QED) is 0.622. The van der Waals surface area contributed by atoms with Gasteiger partial charge in [0.1, 0.15) is 29.0 Å². The standard InChI is InChI=1S/C18H16FN3O3/c1-24-15-7-8-17(25-2)16(9-15)22-18(23)12(10-20)11-21-14-5-3-13(19)4-6-14/h3-9,11,21H,1-2H3,(H,22,23)/b12-11-. The van der Waals surface area contributed by atoms with Crippen LogP contribution in [0, 0.1) is 17.1 Å².